The van der Waals surface area contributed by atoms with Gasteiger partial charge in [0.05, 0.1) is 6.42 Å². The molecule has 0 N–H and O–H groups in total. The zero-order chi connectivity index (χ0) is 13.9. The third kappa shape index (κ3) is 2.54. The van der Waals surface area contributed by atoms with Crippen LogP contribution in [-0.2, 0) is 4.79 Å². The fourth-order valence-corrected chi connectivity index (χ4v) is 1.84. The number of hydrogen-bond donors (Lipinski definition) is 0. The van der Waals surface area contributed by atoms with Gasteiger partial charge in [0.15, 0.2) is 0 Å². The SMILES string of the molecule is CC(=O)C1([N+](=O)[O-])C=CC(Oc2ccccc2)=CC1. The fourth-order valence-electron chi connectivity index (χ4n) is 1.84. The minimum Gasteiger partial charge on any atom is -0.458 e. The molecule has 0 radical (unpaired) electrons. The molecular weight excluding hydrogens is 246 g/mol. The van der Waals surface area contributed by atoms with Crippen LogP contribution in [0, 0.1) is 10.1 Å². The lowest BCUT2D eigenvalue weighted by Gasteiger charge is -2.21. The first-order valence-electron chi connectivity index (χ1n) is 5.82. The number of hydrogen-bond acceptors (Lipinski definition) is 4. The van der Waals surface area contributed by atoms with Gasteiger partial charge >= 0.3 is 5.54 Å². The number of carbonyl (C=O) groups is 1. The quantitative estimate of drug-likeness (QED) is 0.615. The van der Waals surface area contributed by atoms with Gasteiger partial charge in [-0.25, -0.2) is 0 Å². The van der Waals surface area contributed by atoms with Gasteiger partial charge in [-0.2, -0.15) is 0 Å². The number of rotatable bonds is 4. The van der Waals surface area contributed by atoms with E-state index in [1.54, 1.807) is 18.2 Å². The van der Waals surface area contributed by atoms with Crippen LogP contribution in [0.1, 0.15) is 13.3 Å². The highest BCUT2D eigenvalue weighted by Gasteiger charge is 2.46. The Labute approximate surface area is 110 Å². The second kappa shape index (κ2) is 5.06. The van der Waals surface area contributed by atoms with Gasteiger partial charge in [0.1, 0.15) is 11.5 Å². The van der Waals surface area contributed by atoms with Crippen molar-refractivity contribution in [2.45, 2.75) is 18.9 Å². The third-order valence-electron chi connectivity index (χ3n) is 3.05. The molecule has 0 amide bonds. The number of benzene rings is 1. The molecular formula is C14H13NO4. The lowest BCUT2D eigenvalue weighted by molar-refractivity contribution is -0.537. The first kappa shape index (κ1) is 13.0. The summed E-state index contributed by atoms with van der Waals surface area (Å²) >= 11 is 0. The van der Waals surface area contributed by atoms with E-state index in [0.29, 0.717) is 11.5 Å². The molecule has 0 aliphatic heterocycles. The molecule has 1 unspecified atom stereocenters. The Morgan fingerprint density at radius 1 is 1.37 bits per heavy atom. The van der Waals surface area contributed by atoms with Gasteiger partial charge in [0.2, 0.25) is 5.78 Å². The van der Waals surface area contributed by atoms with Gasteiger partial charge in [0, 0.05) is 17.9 Å². The van der Waals surface area contributed by atoms with Crippen LogP contribution in [0.4, 0.5) is 0 Å². The van der Waals surface area contributed by atoms with Crippen molar-refractivity contribution in [1.29, 1.82) is 0 Å². The van der Waals surface area contributed by atoms with E-state index in [9.17, 15) is 14.9 Å². The topological polar surface area (TPSA) is 69.4 Å². The average molecular weight is 259 g/mol. The maximum atomic E-state index is 11.5. The normalized spacial score (nSPS) is 21.6. The van der Waals surface area contributed by atoms with E-state index in [1.807, 2.05) is 18.2 Å². The molecule has 0 fully saturated rings. The van der Waals surface area contributed by atoms with Crippen LogP contribution in [0.15, 0.2) is 54.3 Å². The maximum Gasteiger partial charge on any atom is 0.301 e. The summed E-state index contributed by atoms with van der Waals surface area (Å²) in [4.78, 5) is 22.0. The van der Waals surface area contributed by atoms with Gasteiger partial charge in [-0.3, -0.25) is 14.9 Å². The molecule has 1 aliphatic carbocycles. The molecule has 0 bridgehead atoms. The Kier molecular flexibility index (Phi) is 3.46. The highest BCUT2D eigenvalue weighted by molar-refractivity contribution is 5.87. The molecule has 0 heterocycles. The lowest BCUT2D eigenvalue weighted by atomic mass is 9.88. The number of Topliss-reactive ketones (excluding diaryl/α,β-unsaturated/α-hetero) is 1. The van der Waals surface area contributed by atoms with Gasteiger partial charge in [-0.1, -0.05) is 18.2 Å². The van der Waals surface area contributed by atoms with Crippen LogP contribution in [0.25, 0.3) is 0 Å². The number of nitrogens with zero attached hydrogens (tertiary/aromatic N) is 1. The van der Waals surface area contributed by atoms with E-state index in [4.69, 9.17) is 4.74 Å². The summed E-state index contributed by atoms with van der Waals surface area (Å²) in [5.74, 6) is 0.670. The van der Waals surface area contributed by atoms with Crippen LogP contribution in [-0.4, -0.2) is 16.2 Å². The molecule has 0 spiro atoms. The molecule has 2 rings (SSSR count). The van der Waals surface area contributed by atoms with Crippen molar-refractivity contribution in [1.82, 2.24) is 0 Å². The monoisotopic (exact) mass is 259 g/mol. The van der Waals surface area contributed by atoms with E-state index in [0.717, 1.165) is 0 Å². The maximum absolute atomic E-state index is 11.5. The number of allylic oxidation sites excluding steroid dienone is 1. The molecule has 1 aliphatic rings. The summed E-state index contributed by atoms with van der Waals surface area (Å²) in [7, 11) is 0. The lowest BCUT2D eigenvalue weighted by Crippen LogP contribution is -2.44. The van der Waals surface area contributed by atoms with E-state index in [1.165, 1.54) is 19.1 Å². The summed E-state index contributed by atoms with van der Waals surface area (Å²) in [5.41, 5.74) is -1.65. The molecule has 1 aromatic rings. The molecule has 0 saturated heterocycles. The minimum absolute atomic E-state index is 0.00794. The smallest absolute Gasteiger partial charge is 0.301 e. The number of nitro groups is 1. The predicted octanol–water partition coefficient (Wildman–Crippen LogP) is 2.51. The molecule has 0 aromatic heterocycles. The second-order valence-electron chi connectivity index (χ2n) is 4.30. The zero-order valence-corrected chi connectivity index (χ0v) is 10.4. The molecule has 5 heteroatoms. The van der Waals surface area contributed by atoms with E-state index in [2.05, 4.69) is 0 Å². The summed E-state index contributed by atoms with van der Waals surface area (Å²) in [6, 6.07) is 9.11. The highest BCUT2D eigenvalue weighted by Crippen LogP contribution is 2.26. The summed E-state index contributed by atoms with van der Waals surface area (Å²) in [6.07, 6.45) is 4.35. The van der Waals surface area contributed by atoms with Crippen molar-refractivity contribution in [2.75, 3.05) is 0 Å². The third-order valence-corrected chi connectivity index (χ3v) is 3.05. The Morgan fingerprint density at radius 2 is 2.05 bits per heavy atom. The molecule has 0 saturated carbocycles. The largest absolute Gasteiger partial charge is 0.458 e. The average Bonchev–Trinajstić information content (AvgIpc) is 2.40. The van der Waals surface area contributed by atoms with Crippen molar-refractivity contribution >= 4 is 5.78 Å². The Balaban J connectivity index is 2.15. The summed E-state index contributed by atoms with van der Waals surface area (Å²) in [6.45, 7) is 1.23. The van der Waals surface area contributed by atoms with Crippen LogP contribution in [0.2, 0.25) is 0 Å². The molecule has 1 aromatic carbocycles. The van der Waals surface area contributed by atoms with Crippen molar-refractivity contribution in [3.05, 3.63) is 64.4 Å². The predicted molar refractivity (Wildman–Crippen MR) is 69.3 cm³/mol. The zero-order valence-electron chi connectivity index (χ0n) is 10.4. The van der Waals surface area contributed by atoms with Crippen LogP contribution < -0.4 is 4.74 Å². The highest BCUT2D eigenvalue weighted by atomic mass is 16.6. The molecule has 5 nitrogen and oxygen atoms in total. The first-order valence-corrected chi connectivity index (χ1v) is 5.82. The second-order valence-corrected chi connectivity index (χ2v) is 4.30. The molecule has 1 atom stereocenters. The van der Waals surface area contributed by atoms with Crippen molar-refractivity contribution in [2.24, 2.45) is 0 Å². The van der Waals surface area contributed by atoms with Crippen molar-refractivity contribution < 1.29 is 14.5 Å². The van der Waals surface area contributed by atoms with Gasteiger partial charge in [-0.05, 0) is 24.3 Å². The Hall–Kier alpha value is -2.43. The summed E-state index contributed by atoms with van der Waals surface area (Å²) in [5, 5.41) is 11.0. The minimum atomic E-state index is -1.65. The van der Waals surface area contributed by atoms with Crippen LogP contribution in [0.3, 0.4) is 0 Å². The number of ketones is 1. The molecule has 19 heavy (non-hydrogen) atoms. The number of para-hydroxylation sites is 1. The van der Waals surface area contributed by atoms with Crippen molar-refractivity contribution in [3.63, 3.8) is 0 Å². The Morgan fingerprint density at radius 3 is 2.53 bits per heavy atom. The summed E-state index contributed by atoms with van der Waals surface area (Å²) < 4.78 is 5.55. The Bertz CT molecular complexity index is 546. The standard InChI is InChI=1S/C14H13NO4/c1-11(16)14(15(17)18)9-7-13(8-10-14)19-12-5-3-2-4-6-12/h2-9H,10H2,1H3. The van der Waals surface area contributed by atoms with Gasteiger partial charge in [-0.15, -0.1) is 0 Å². The first-order chi connectivity index (χ1) is 9.04. The molecule has 98 valence electrons. The number of ether oxygens (including phenoxy) is 1. The van der Waals surface area contributed by atoms with E-state index in [-0.39, 0.29) is 6.42 Å². The van der Waals surface area contributed by atoms with E-state index < -0.39 is 16.2 Å². The van der Waals surface area contributed by atoms with Crippen LogP contribution >= 0.6 is 0 Å². The fraction of sp³-hybridized carbons (Fsp3) is 0.214. The van der Waals surface area contributed by atoms with Gasteiger partial charge < -0.3 is 4.74 Å². The van der Waals surface area contributed by atoms with Gasteiger partial charge in [0.25, 0.3) is 0 Å². The van der Waals surface area contributed by atoms with E-state index >= 15 is 0 Å². The van der Waals surface area contributed by atoms with Crippen molar-refractivity contribution in [3.8, 4) is 5.75 Å². The number of carbonyl (C=O) groups excluding carboxylic acids is 1. The van der Waals surface area contributed by atoms with Crippen LogP contribution in [0.5, 0.6) is 5.75 Å².